The fourth-order valence-corrected chi connectivity index (χ4v) is 2.84. The number of rotatable bonds is 5. The molecule has 94 valence electrons. The molecule has 0 aliphatic carbocycles. The van der Waals surface area contributed by atoms with E-state index >= 15 is 0 Å². The van der Waals surface area contributed by atoms with Crippen LogP contribution in [-0.4, -0.2) is 31.6 Å². The van der Waals surface area contributed by atoms with Crippen molar-refractivity contribution in [3.8, 4) is 5.75 Å². The zero-order valence-corrected chi connectivity index (χ0v) is 11.6. The minimum Gasteiger partial charge on any atom is -0.492 e. The molecule has 1 aliphatic heterocycles. The van der Waals surface area contributed by atoms with Gasteiger partial charge in [0.15, 0.2) is 0 Å². The molecule has 1 aromatic rings. The average Bonchev–Trinajstić information content (AvgIpc) is 2.78. The Bertz CT molecular complexity index is 383. The highest BCUT2D eigenvalue weighted by Gasteiger charge is 2.15. The fourth-order valence-electron chi connectivity index (χ4n) is 2.05. The van der Waals surface area contributed by atoms with Gasteiger partial charge in [0.2, 0.25) is 0 Å². The molecule has 0 amide bonds. The summed E-state index contributed by atoms with van der Waals surface area (Å²) in [5, 5.41) is 4.34. The first-order valence-electron chi connectivity index (χ1n) is 6.38. The van der Waals surface area contributed by atoms with Crippen molar-refractivity contribution in [1.29, 1.82) is 0 Å². The van der Waals surface area contributed by atoms with Crippen LogP contribution in [-0.2, 0) is 0 Å². The Labute approximate surface area is 108 Å². The van der Waals surface area contributed by atoms with Crippen molar-refractivity contribution in [2.45, 2.75) is 26.2 Å². The molecule has 2 nitrogen and oxygen atoms in total. The van der Waals surface area contributed by atoms with Crippen LogP contribution >= 0.6 is 11.3 Å². The lowest BCUT2D eigenvalue weighted by molar-refractivity contribution is 0.309. The van der Waals surface area contributed by atoms with Crippen molar-refractivity contribution in [3.05, 3.63) is 22.4 Å². The van der Waals surface area contributed by atoms with Gasteiger partial charge in [-0.2, -0.15) is 0 Å². The summed E-state index contributed by atoms with van der Waals surface area (Å²) in [4.78, 5) is 2.36. The minimum absolute atomic E-state index is 0.837. The Kier molecular flexibility index (Phi) is 4.63. The molecular formula is C14H21NOS. The van der Waals surface area contributed by atoms with Crippen molar-refractivity contribution >= 4 is 16.9 Å². The maximum absolute atomic E-state index is 5.86. The van der Waals surface area contributed by atoms with Gasteiger partial charge < -0.3 is 9.64 Å². The Morgan fingerprint density at radius 2 is 2.29 bits per heavy atom. The Hall–Kier alpha value is -0.800. The molecule has 1 aliphatic rings. The third-order valence-electron chi connectivity index (χ3n) is 3.07. The predicted octanol–water partition coefficient (Wildman–Crippen LogP) is 3.65. The van der Waals surface area contributed by atoms with E-state index < -0.39 is 0 Å². The largest absolute Gasteiger partial charge is 0.492 e. The molecule has 0 fully saturated rings. The molecule has 0 saturated carbocycles. The van der Waals surface area contributed by atoms with Crippen LogP contribution in [0.1, 0.15) is 31.7 Å². The van der Waals surface area contributed by atoms with Gasteiger partial charge in [-0.05, 0) is 25.5 Å². The average molecular weight is 251 g/mol. The van der Waals surface area contributed by atoms with Crippen molar-refractivity contribution < 1.29 is 4.74 Å². The van der Waals surface area contributed by atoms with Crippen molar-refractivity contribution in [2.75, 3.05) is 26.7 Å². The number of likely N-dealkylation sites (N-methyl/N-ethyl adjacent to an activating group) is 1. The zero-order chi connectivity index (χ0) is 12.1. The lowest BCUT2D eigenvalue weighted by Gasteiger charge is -2.23. The molecule has 0 atom stereocenters. The van der Waals surface area contributed by atoms with Gasteiger partial charge in [-0.15, -0.1) is 11.3 Å². The lowest BCUT2D eigenvalue weighted by atomic mass is 10.0. The highest BCUT2D eigenvalue weighted by molar-refractivity contribution is 7.08. The number of hydrogen-bond donors (Lipinski definition) is 0. The van der Waals surface area contributed by atoms with Crippen LogP contribution in [0.2, 0.25) is 0 Å². The van der Waals surface area contributed by atoms with Crippen LogP contribution in [0.5, 0.6) is 5.75 Å². The van der Waals surface area contributed by atoms with Gasteiger partial charge in [0, 0.05) is 29.4 Å². The molecule has 0 bridgehead atoms. The van der Waals surface area contributed by atoms with Gasteiger partial charge in [-0.25, -0.2) is 0 Å². The summed E-state index contributed by atoms with van der Waals surface area (Å²) in [6.45, 7) is 5.24. The van der Waals surface area contributed by atoms with E-state index in [2.05, 4.69) is 35.7 Å². The molecule has 2 rings (SSSR count). The molecule has 0 unspecified atom stereocenters. The normalized spacial score (nSPS) is 16.9. The SMILES string of the molecule is CCCCOc1cscc1C1=CCCN(C)C1. The molecule has 0 aromatic carbocycles. The number of nitrogens with zero attached hydrogens (tertiary/aromatic N) is 1. The first-order chi connectivity index (χ1) is 8.31. The van der Waals surface area contributed by atoms with Gasteiger partial charge in [-0.1, -0.05) is 19.4 Å². The maximum Gasteiger partial charge on any atom is 0.137 e. The quantitative estimate of drug-likeness (QED) is 0.741. The van der Waals surface area contributed by atoms with E-state index in [9.17, 15) is 0 Å². The second-order valence-electron chi connectivity index (χ2n) is 4.61. The van der Waals surface area contributed by atoms with Crippen molar-refractivity contribution in [1.82, 2.24) is 4.90 Å². The van der Waals surface area contributed by atoms with Gasteiger partial charge in [0.1, 0.15) is 5.75 Å². The molecule has 0 N–H and O–H groups in total. The molecule has 17 heavy (non-hydrogen) atoms. The molecule has 0 saturated heterocycles. The second-order valence-corrected chi connectivity index (χ2v) is 5.35. The van der Waals surface area contributed by atoms with E-state index in [0.717, 1.165) is 31.7 Å². The van der Waals surface area contributed by atoms with Crippen LogP contribution in [0.3, 0.4) is 0 Å². The van der Waals surface area contributed by atoms with Crippen LogP contribution in [0.4, 0.5) is 0 Å². The van der Waals surface area contributed by atoms with E-state index in [-0.39, 0.29) is 0 Å². The minimum atomic E-state index is 0.837. The van der Waals surface area contributed by atoms with Crippen molar-refractivity contribution in [3.63, 3.8) is 0 Å². The highest BCUT2D eigenvalue weighted by Crippen LogP contribution is 2.32. The summed E-state index contributed by atoms with van der Waals surface area (Å²) in [7, 11) is 2.18. The summed E-state index contributed by atoms with van der Waals surface area (Å²) in [6.07, 6.45) is 5.82. The van der Waals surface area contributed by atoms with E-state index in [1.165, 1.54) is 24.1 Å². The van der Waals surface area contributed by atoms with Gasteiger partial charge in [-0.3, -0.25) is 0 Å². The third kappa shape index (κ3) is 3.33. The number of hydrogen-bond acceptors (Lipinski definition) is 3. The van der Waals surface area contributed by atoms with E-state index in [1.54, 1.807) is 11.3 Å². The van der Waals surface area contributed by atoms with Gasteiger partial charge in [0.05, 0.1) is 6.61 Å². The summed E-state index contributed by atoms with van der Waals surface area (Å²) >= 11 is 1.73. The second kappa shape index (κ2) is 6.22. The monoisotopic (exact) mass is 251 g/mol. The smallest absolute Gasteiger partial charge is 0.137 e. The molecule has 0 radical (unpaired) electrons. The first kappa shape index (κ1) is 12.7. The highest BCUT2D eigenvalue weighted by atomic mass is 32.1. The number of ether oxygens (including phenoxy) is 1. The van der Waals surface area contributed by atoms with Crippen LogP contribution < -0.4 is 4.74 Å². The molecule has 1 aromatic heterocycles. The zero-order valence-electron chi connectivity index (χ0n) is 10.7. The number of thiophene rings is 1. The lowest BCUT2D eigenvalue weighted by Crippen LogP contribution is -2.24. The van der Waals surface area contributed by atoms with E-state index in [4.69, 9.17) is 4.74 Å². The topological polar surface area (TPSA) is 12.5 Å². The van der Waals surface area contributed by atoms with Gasteiger partial charge >= 0.3 is 0 Å². The number of unbranched alkanes of at least 4 members (excludes halogenated alkanes) is 1. The molecule has 2 heterocycles. The van der Waals surface area contributed by atoms with Crippen LogP contribution in [0.25, 0.3) is 5.57 Å². The first-order valence-corrected chi connectivity index (χ1v) is 7.32. The van der Waals surface area contributed by atoms with E-state index in [0.29, 0.717) is 0 Å². The summed E-state index contributed by atoms with van der Waals surface area (Å²) in [6, 6.07) is 0. The van der Waals surface area contributed by atoms with E-state index in [1.807, 2.05) is 0 Å². The third-order valence-corrected chi connectivity index (χ3v) is 3.79. The Morgan fingerprint density at radius 3 is 3.06 bits per heavy atom. The molecular weight excluding hydrogens is 230 g/mol. The Morgan fingerprint density at radius 1 is 1.41 bits per heavy atom. The van der Waals surface area contributed by atoms with Crippen LogP contribution in [0, 0.1) is 0 Å². The fraction of sp³-hybridized carbons (Fsp3) is 0.571. The maximum atomic E-state index is 5.86. The standard InChI is InChI=1S/C14H21NOS/c1-3-4-8-16-14-11-17-10-13(14)12-6-5-7-15(2)9-12/h6,10-11H,3-5,7-9H2,1-2H3. The van der Waals surface area contributed by atoms with Crippen molar-refractivity contribution in [2.24, 2.45) is 0 Å². The van der Waals surface area contributed by atoms with Crippen LogP contribution in [0.15, 0.2) is 16.8 Å². The summed E-state index contributed by atoms with van der Waals surface area (Å²) < 4.78 is 5.86. The molecule has 3 heteroatoms. The molecule has 0 spiro atoms. The predicted molar refractivity (Wildman–Crippen MR) is 74.8 cm³/mol. The Balaban J connectivity index is 2.05. The van der Waals surface area contributed by atoms with Gasteiger partial charge in [0.25, 0.3) is 0 Å². The summed E-state index contributed by atoms with van der Waals surface area (Å²) in [5.41, 5.74) is 2.73. The summed E-state index contributed by atoms with van der Waals surface area (Å²) in [5.74, 6) is 1.07.